The molecule has 4 heteroatoms. The van der Waals surface area contributed by atoms with E-state index in [1.165, 1.54) is 10.5 Å². The van der Waals surface area contributed by atoms with Gasteiger partial charge in [0.1, 0.15) is 0 Å². The first-order valence-corrected chi connectivity index (χ1v) is 7.25. The molecule has 1 aromatic carbocycles. The van der Waals surface area contributed by atoms with E-state index in [2.05, 4.69) is 53.4 Å². The Kier molecular flexibility index (Phi) is 4.93. The smallest absolute Gasteiger partial charge is 0.192 e. The van der Waals surface area contributed by atoms with Crippen molar-refractivity contribution in [3.8, 4) is 0 Å². The molecule has 0 atom stereocenters. The van der Waals surface area contributed by atoms with Gasteiger partial charge in [0.2, 0.25) is 0 Å². The minimum absolute atomic E-state index is 0.509. The number of aromatic nitrogens is 2. The molecule has 2 rings (SSSR count). The van der Waals surface area contributed by atoms with Crippen LogP contribution in [0.5, 0.6) is 0 Å². The quantitative estimate of drug-likeness (QED) is 0.847. The van der Waals surface area contributed by atoms with Gasteiger partial charge in [0.15, 0.2) is 5.16 Å². The fourth-order valence-corrected chi connectivity index (χ4v) is 2.36. The zero-order valence-electron chi connectivity index (χ0n) is 11.6. The van der Waals surface area contributed by atoms with Crippen molar-refractivity contribution in [3.05, 3.63) is 47.8 Å². The minimum atomic E-state index is 0.509. The summed E-state index contributed by atoms with van der Waals surface area (Å²) in [6, 6.07) is 10.9. The first-order valence-electron chi connectivity index (χ1n) is 6.43. The van der Waals surface area contributed by atoms with Crippen LogP contribution in [0.15, 0.2) is 46.6 Å². The lowest BCUT2D eigenvalue weighted by molar-refractivity contribution is 0.588. The van der Waals surface area contributed by atoms with E-state index in [9.17, 15) is 0 Å². The fourth-order valence-electron chi connectivity index (χ4n) is 1.58. The molecule has 0 radical (unpaired) electrons. The first kappa shape index (κ1) is 14.0. The maximum Gasteiger partial charge on any atom is 0.192 e. The van der Waals surface area contributed by atoms with E-state index < -0.39 is 0 Å². The van der Waals surface area contributed by atoms with Gasteiger partial charge in [-0.25, -0.2) is 9.97 Å². The molecule has 0 unspecified atom stereocenters. The van der Waals surface area contributed by atoms with Crippen molar-refractivity contribution >= 4 is 11.8 Å². The van der Waals surface area contributed by atoms with E-state index in [1.807, 2.05) is 13.0 Å². The monoisotopic (exact) mass is 273 g/mol. The topological polar surface area (TPSA) is 37.8 Å². The van der Waals surface area contributed by atoms with Gasteiger partial charge < -0.3 is 5.32 Å². The molecule has 0 saturated carbocycles. The summed E-state index contributed by atoms with van der Waals surface area (Å²) >= 11 is 1.59. The lowest BCUT2D eigenvalue weighted by atomic mass is 10.2. The molecule has 0 amide bonds. The molecular formula is C15H19N3S. The molecule has 19 heavy (non-hydrogen) atoms. The molecule has 1 N–H and O–H groups in total. The van der Waals surface area contributed by atoms with Crippen molar-refractivity contribution in [2.45, 2.75) is 43.4 Å². The van der Waals surface area contributed by atoms with Crippen molar-refractivity contribution < 1.29 is 0 Å². The Morgan fingerprint density at radius 2 is 1.89 bits per heavy atom. The van der Waals surface area contributed by atoms with Gasteiger partial charge >= 0.3 is 0 Å². The van der Waals surface area contributed by atoms with Gasteiger partial charge in [-0.15, -0.1) is 0 Å². The Morgan fingerprint density at radius 3 is 2.53 bits per heavy atom. The van der Waals surface area contributed by atoms with Crippen LogP contribution in [0, 0.1) is 6.92 Å². The third-order valence-electron chi connectivity index (χ3n) is 2.62. The molecule has 100 valence electrons. The molecule has 0 fully saturated rings. The maximum atomic E-state index is 4.39. The Labute approximate surface area is 118 Å². The Balaban J connectivity index is 1.98. The van der Waals surface area contributed by atoms with Crippen LogP contribution in [0.1, 0.15) is 25.1 Å². The SMILES string of the molecule is Cc1ccnc(Sc2ccc(CNC(C)C)cc2)n1. The lowest BCUT2D eigenvalue weighted by Crippen LogP contribution is -2.21. The van der Waals surface area contributed by atoms with Gasteiger partial charge in [0.05, 0.1) is 0 Å². The normalized spacial score (nSPS) is 10.9. The number of nitrogens with zero attached hydrogens (tertiary/aromatic N) is 2. The predicted octanol–water partition coefficient (Wildman–Crippen LogP) is 3.43. The minimum Gasteiger partial charge on any atom is -0.310 e. The maximum absolute atomic E-state index is 4.39. The number of hydrogen-bond donors (Lipinski definition) is 1. The molecule has 0 bridgehead atoms. The lowest BCUT2D eigenvalue weighted by Gasteiger charge is -2.08. The second kappa shape index (κ2) is 6.68. The molecule has 3 nitrogen and oxygen atoms in total. The summed E-state index contributed by atoms with van der Waals surface area (Å²) in [5.74, 6) is 0. The molecule has 0 aliphatic carbocycles. The summed E-state index contributed by atoms with van der Waals surface area (Å²) in [5, 5.41) is 4.21. The number of benzene rings is 1. The van der Waals surface area contributed by atoms with Gasteiger partial charge in [-0.1, -0.05) is 26.0 Å². The van der Waals surface area contributed by atoms with Crippen molar-refractivity contribution in [1.82, 2.24) is 15.3 Å². The number of rotatable bonds is 5. The Hall–Kier alpha value is -1.39. The molecule has 0 spiro atoms. The Bertz CT molecular complexity index is 523. The van der Waals surface area contributed by atoms with Gasteiger partial charge in [-0.05, 0) is 42.4 Å². The zero-order chi connectivity index (χ0) is 13.7. The molecule has 1 heterocycles. The second-order valence-corrected chi connectivity index (χ2v) is 5.80. The number of aryl methyl sites for hydroxylation is 1. The van der Waals surface area contributed by atoms with Crippen molar-refractivity contribution in [3.63, 3.8) is 0 Å². The van der Waals surface area contributed by atoms with E-state index in [0.717, 1.165) is 17.4 Å². The number of nitrogens with one attached hydrogen (secondary N) is 1. The van der Waals surface area contributed by atoms with Crippen molar-refractivity contribution in [1.29, 1.82) is 0 Å². The van der Waals surface area contributed by atoms with E-state index >= 15 is 0 Å². The van der Waals surface area contributed by atoms with Gasteiger partial charge in [-0.3, -0.25) is 0 Å². The van der Waals surface area contributed by atoms with Gasteiger partial charge in [-0.2, -0.15) is 0 Å². The first-order chi connectivity index (χ1) is 9.13. The van der Waals surface area contributed by atoms with Gasteiger partial charge in [0.25, 0.3) is 0 Å². The van der Waals surface area contributed by atoms with Crippen LogP contribution in [-0.4, -0.2) is 16.0 Å². The van der Waals surface area contributed by atoms with E-state index in [1.54, 1.807) is 18.0 Å². The van der Waals surface area contributed by atoms with E-state index in [-0.39, 0.29) is 0 Å². The highest BCUT2D eigenvalue weighted by atomic mass is 32.2. The predicted molar refractivity (Wildman–Crippen MR) is 79.3 cm³/mol. The molecule has 0 aliphatic heterocycles. The summed E-state index contributed by atoms with van der Waals surface area (Å²) in [6.45, 7) is 7.19. The molecular weight excluding hydrogens is 254 g/mol. The Morgan fingerprint density at radius 1 is 1.16 bits per heavy atom. The standard InChI is InChI=1S/C15H19N3S/c1-11(2)17-10-13-4-6-14(7-5-13)19-15-16-9-8-12(3)18-15/h4-9,11,17H,10H2,1-3H3. The van der Waals surface area contributed by atoms with Crippen molar-refractivity contribution in [2.75, 3.05) is 0 Å². The van der Waals surface area contributed by atoms with Crippen LogP contribution in [0.4, 0.5) is 0 Å². The number of hydrogen-bond acceptors (Lipinski definition) is 4. The third kappa shape index (κ3) is 4.65. The van der Waals surface area contributed by atoms with Crippen LogP contribution in [-0.2, 0) is 6.54 Å². The van der Waals surface area contributed by atoms with Crippen molar-refractivity contribution in [2.24, 2.45) is 0 Å². The van der Waals surface area contributed by atoms with Crippen LogP contribution >= 0.6 is 11.8 Å². The zero-order valence-corrected chi connectivity index (χ0v) is 12.4. The second-order valence-electron chi connectivity index (χ2n) is 4.76. The third-order valence-corrected chi connectivity index (χ3v) is 3.51. The fraction of sp³-hybridized carbons (Fsp3) is 0.333. The van der Waals surface area contributed by atoms with Gasteiger partial charge in [0, 0.05) is 29.4 Å². The summed E-state index contributed by atoms with van der Waals surface area (Å²) in [4.78, 5) is 9.81. The summed E-state index contributed by atoms with van der Waals surface area (Å²) in [7, 11) is 0. The highest BCUT2D eigenvalue weighted by Crippen LogP contribution is 2.24. The highest BCUT2D eigenvalue weighted by Gasteiger charge is 2.01. The molecule has 0 aliphatic rings. The van der Waals surface area contributed by atoms with Crippen LogP contribution in [0.3, 0.4) is 0 Å². The van der Waals surface area contributed by atoms with Crippen LogP contribution in [0.2, 0.25) is 0 Å². The van der Waals surface area contributed by atoms with E-state index in [0.29, 0.717) is 6.04 Å². The largest absolute Gasteiger partial charge is 0.310 e. The average molecular weight is 273 g/mol. The van der Waals surface area contributed by atoms with Crippen LogP contribution in [0.25, 0.3) is 0 Å². The summed E-state index contributed by atoms with van der Waals surface area (Å²) in [6.07, 6.45) is 1.80. The molecule has 1 aromatic heterocycles. The molecule has 0 saturated heterocycles. The molecule has 2 aromatic rings. The summed E-state index contributed by atoms with van der Waals surface area (Å²) in [5.41, 5.74) is 2.29. The van der Waals surface area contributed by atoms with Crippen LogP contribution < -0.4 is 5.32 Å². The average Bonchev–Trinajstić information content (AvgIpc) is 2.38. The van der Waals surface area contributed by atoms with E-state index in [4.69, 9.17) is 0 Å². The highest BCUT2D eigenvalue weighted by molar-refractivity contribution is 7.99. The summed E-state index contributed by atoms with van der Waals surface area (Å²) < 4.78 is 0.